The first-order valence-corrected chi connectivity index (χ1v) is 9.50. The van der Waals surface area contributed by atoms with E-state index in [1.807, 2.05) is 29.6 Å². The lowest BCUT2D eigenvalue weighted by Crippen LogP contribution is -2.20. The molecule has 0 saturated heterocycles. The highest BCUT2D eigenvalue weighted by atomic mass is 32.1. The van der Waals surface area contributed by atoms with E-state index in [9.17, 15) is 9.59 Å². The molecule has 0 fully saturated rings. The van der Waals surface area contributed by atoms with E-state index in [0.717, 1.165) is 28.0 Å². The molecular formula is C20H16N4O4S. The van der Waals surface area contributed by atoms with Crippen molar-refractivity contribution >= 4 is 39.4 Å². The Labute approximate surface area is 169 Å². The van der Waals surface area contributed by atoms with Crippen LogP contribution in [0.2, 0.25) is 0 Å². The summed E-state index contributed by atoms with van der Waals surface area (Å²) >= 11 is 1.29. The first kappa shape index (κ1) is 18.6. The molecule has 8 nitrogen and oxygen atoms in total. The zero-order valence-electron chi connectivity index (χ0n) is 15.3. The van der Waals surface area contributed by atoms with Crippen molar-refractivity contribution in [3.05, 3.63) is 59.7 Å². The average Bonchev–Trinajstić information content (AvgIpc) is 3.41. The van der Waals surface area contributed by atoms with E-state index in [1.165, 1.54) is 11.3 Å². The molecule has 29 heavy (non-hydrogen) atoms. The minimum absolute atomic E-state index is 0.339. The van der Waals surface area contributed by atoms with E-state index in [1.54, 1.807) is 31.6 Å². The van der Waals surface area contributed by atoms with Gasteiger partial charge in [0.05, 0.1) is 35.7 Å². The molecule has 0 unspecified atom stereocenters. The third-order valence-electron chi connectivity index (χ3n) is 4.13. The lowest BCUT2D eigenvalue weighted by Gasteiger charge is -2.05. The van der Waals surface area contributed by atoms with Gasteiger partial charge in [-0.05, 0) is 42.5 Å². The van der Waals surface area contributed by atoms with E-state index in [-0.39, 0.29) is 0 Å². The number of imidazole rings is 1. The number of rotatable bonds is 6. The summed E-state index contributed by atoms with van der Waals surface area (Å²) < 4.78 is 10.2. The van der Waals surface area contributed by atoms with Gasteiger partial charge in [0.2, 0.25) is 0 Å². The molecule has 0 spiro atoms. The highest BCUT2D eigenvalue weighted by Gasteiger charge is 2.13. The van der Waals surface area contributed by atoms with Crippen LogP contribution in [0.1, 0.15) is 10.4 Å². The van der Waals surface area contributed by atoms with E-state index in [2.05, 4.69) is 20.3 Å². The van der Waals surface area contributed by atoms with Crippen molar-refractivity contribution in [2.24, 2.45) is 0 Å². The smallest absolute Gasteiger partial charge is 0.338 e. The second-order valence-electron chi connectivity index (χ2n) is 6.03. The number of anilines is 1. The standard InChI is InChI=1S/C20H16N4O4S/c1-27-14-5-2-12(3-6-14)17-10-29-20(23-17)24-18(25)9-28-19(26)13-4-7-15-16(8-13)22-11-21-15/h2-8,10-11H,9H2,1H3,(H,21,22)(H,23,24,25). The average molecular weight is 408 g/mol. The molecule has 0 aliphatic rings. The fraction of sp³-hybridized carbons (Fsp3) is 0.100. The number of amides is 1. The Morgan fingerprint density at radius 1 is 1.17 bits per heavy atom. The summed E-state index contributed by atoms with van der Waals surface area (Å²) in [4.78, 5) is 35.6. The van der Waals surface area contributed by atoms with Crippen LogP contribution in [0.3, 0.4) is 0 Å². The lowest BCUT2D eigenvalue weighted by molar-refractivity contribution is -0.119. The van der Waals surface area contributed by atoms with Crippen molar-refractivity contribution < 1.29 is 19.1 Å². The largest absolute Gasteiger partial charge is 0.497 e. The van der Waals surface area contributed by atoms with Crippen molar-refractivity contribution in [3.63, 3.8) is 0 Å². The molecule has 4 aromatic rings. The normalized spacial score (nSPS) is 10.7. The topological polar surface area (TPSA) is 106 Å². The molecule has 146 valence electrons. The minimum atomic E-state index is -0.588. The Balaban J connectivity index is 1.33. The minimum Gasteiger partial charge on any atom is -0.497 e. The maximum atomic E-state index is 12.1. The molecule has 0 aliphatic carbocycles. The van der Waals surface area contributed by atoms with Gasteiger partial charge in [-0.15, -0.1) is 11.3 Å². The van der Waals surface area contributed by atoms with Crippen molar-refractivity contribution in [2.45, 2.75) is 0 Å². The van der Waals surface area contributed by atoms with Gasteiger partial charge in [-0.3, -0.25) is 10.1 Å². The van der Waals surface area contributed by atoms with Crippen LogP contribution < -0.4 is 10.1 Å². The molecule has 0 radical (unpaired) electrons. The maximum absolute atomic E-state index is 12.1. The number of hydrogen-bond donors (Lipinski definition) is 2. The summed E-state index contributed by atoms with van der Waals surface area (Å²) in [6.45, 7) is -0.405. The first-order valence-electron chi connectivity index (χ1n) is 8.62. The molecule has 4 rings (SSSR count). The van der Waals surface area contributed by atoms with Crippen LogP contribution in [0.15, 0.2) is 54.2 Å². The van der Waals surface area contributed by atoms with Crippen molar-refractivity contribution in [3.8, 4) is 17.0 Å². The van der Waals surface area contributed by atoms with Crippen molar-refractivity contribution in [2.75, 3.05) is 19.0 Å². The molecule has 0 aliphatic heterocycles. The molecular weight excluding hydrogens is 392 g/mol. The van der Waals surface area contributed by atoms with Crippen molar-refractivity contribution in [1.29, 1.82) is 0 Å². The number of nitrogens with one attached hydrogen (secondary N) is 2. The Morgan fingerprint density at radius 3 is 2.79 bits per heavy atom. The third-order valence-corrected chi connectivity index (χ3v) is 4.88. The van der Waals surface area contributed by atoms with Crippen molar-refractivity contribution in [1.82, 2.24) is 15.0 Å². The van der Waals surface area contributed by atoms with Crippen LogP contribution in [0, 0.1) is 0 Å². The fourth-order valence-corrected chi connectivity index (χ4v) is 3.39. The van der Waals surface area contributed by atoms with E-state index in [0.29, 0.717) is 10.7 Å². The Kier molecular flexibility index (Phi) is 5.21. The van der Waals surface area contributed by atoms with E-state index < -0.39 is 18.5 Å². The predicted molar refractivity (Wildman–Crippen MR) is 109 cm³/mol. The summed E-state index contributed by atoms with van der Waals surface area (Å²) in [5.41, 5.74) is 3.44. The van der Waals surface area contributed by atoms with Gasteiger partial charge in [0.25, 0.3) is 5.91 Å². The first-order chi connectivity index (χ1) is 14.1. The molecule has 2 heterocycles. The van der Waals surface area contributed by atoms with Crippen LogP contribution in [0.5, 0.6) is 5.75 Å². The number of fused-ring (bicyclic) bond motifs is 1. The highest BCUT2D eigenvalue weighted by molar-refractivity contribution is 7.14. The number of hydrogen-bond acceptors (Lipinski definition) is 7. The zero-order chi connectivity index (χ0) is 20.2. The molecule has 0 atom stereocenters. The molecule has 2 aromatic carbocycles. The second kappa shape index (κ2) is 8.11. The van der Waals surface area contributed by atoms with Gasteiger partial charge < -0.3 is 14.5 Å². The Morgan fingerprint density at radius 2 is 2.00 bits per heavy atom. The van der Waals surface area contributed by atoms with E-state index >= 15 is 0 Å². The molecule has 1 amide bonds. The number of benzene rings is 2. The molecule has 0 saturated carbocycles. The van der Waals surface area contributed by atoms with Gasteiger partial charge in [0, 0.05) is 10.9 Å². The van der Waals surface area contributed by atoms with Gasteiger partial charge in [-0.1, -0.05) is 0 Å². The fourth-order valence-electron chi connectivity index (χ4n) is 2.66. The summed E-state index contributed by atoms with van der Waals surface area (Å²) in [6.07, 6.45) is 1.54. The summed E-state index contributed by atoms with van der Waals surface area (Å²) in [7, 11) is 1.61. The van der Waals surface area contributed by atoms with E-state index in [4.69, 9.17) is 9.47 Å². The maximum Gasteiger partial charge on any atom is 0.338 e. The van der Waals surface area contributed by atoms with Crippen LogP contribution in [-0.4, -0.2) is 40.5 Å². The number of aromatic nitrogens is 3. The van der Waals surface area contributed by atoms with Crippen LogP contribution in [-0.2, 0) is 9.53 Å². The Bertz CT molecular complexity index is 1170. The number of thiazole rings is 1. The molecule has 2 aromatic heterocycles. The number of esters is 1. The molecule has 9 heteroatoms. The zero-order valence-corrected chi connectivity index (χ0v) is 16.2. The number of methoxy groups -OCH3 is 1. The number of carbonyl (C=O) groups is 2. The summed E-state index contributed by atoms with van der Waals surface area (Å²) in [5.74, 6) is -0.294. The summed E-state index contributed by atoms with van der Waals surface area (Å²) in [6, 6.07) is 12.4. The molecule has 0 bridgehead atoms. The monoisotopic (exact) mass is 408 g/mol. The van der Waals surface area contributed by atoms with Crippen LogP contribution >= 0.6 is 11.3 Å². The highest BCUT2D eigenvalue weighted by Crippen LogP contribution is 2.26. The predicted octanol–water partition coefficient (Wildman–Crippen LogP) is 3.49. The number of nitrogens with zero attached hydrogens (tertiary/aromatic N) is 2. The van der Waals surface area contributed by atoms with Crippen LogP contribution in [0.4, 0.5) is 5.13 Å². The van der Waals surface area contributed by atoms with Gasteiger partial charge in [0.15, 0.2) is 11.7 Å². The number of carbonyl (C=O) groups excluding carboxylic acids is 2. The summed E-state index contributed by atoms with van der Waals surface area (Å²) in [5, 5.41) is 4.90. The Hall–Kier alpha value is -3.72. The van der Waals surface area contributed by atoms with Gasteiger partial charge >= 0.3 is 5.97 Å². The molecule has 2 N–H and O–H groups in total. The SMILES string of the molecule is COc1ccc(-c2csc(NC(=O)COC(=O)c3ccc4nc[nH]c4c3)n2)cc1. The quantitative estimate of drug-likeness (QED) is 0.473. The van der Waals surface area contributed by atoms with Gasteiger partial charge in [-0.2, -0.15) is 0 Å². The number of aromatic amines is 1. The van der Waals surface area contributed by atoms with Crippen LogP contribution in [0.25, 0.3) is 22.3 Å². The lowest BCUT2D eigenvalue weighted by atomic mass is 10.2. The second-order valence-corrected chi connectivity index (χ2v) is 6.88. The van der Waals surface area contributed by atoms with Gasteiger partial charge in [-0.25, -0.2) is 14.8 Å². The van der Waals surface area contributed by atoms with Gasteiger partial charge in [0.1, 0.15) is 5.75 Å². The number of H-pyrrole nitrogens is 1. The number of ether oxygens (including phenoxy) is 2. The third kappa shape index (κ3) is 4.25.